The lowest BCUT2D eigenvalue weighted by atomic mass is 9.82. The van der Waals surface area contributed by atoms with Gasteiger partial charge in [-0.2, -0.15) is 0 Å². The fourth-order valence-electron chi connectivity index (χ4n) is 0.818. The maximum atomic E-state index is 9.94. The Bertz CT molecular complexity index is 159. The van der Waals surface area contributed by atoms with E-state index in [0.29, 0.717) is 6.42 Å². The van der Waals surface area contributed by atoms with Crippen LogP contribution in [0.25, 0.3) is 0 Å². The Kier molecular flexibility index (Phi) is 4.83. The molecule has 0 aromatic heterocycles. The molecule has 0 rings (SSSR count). The van der Waals surface area contributed by atoms with Gasteiger partial charge in [-0.05, 0) is 24.3 Å². The van der Waals surface area contributed by atoms with E-state index < -0.39 is 0 Å². The van der Waals surface area contributed by atoms with E-state index >= 15 is 0 Å². The molecule has 2 heteroatoms. The van der Waals surface area contributed by atoms with Crippen LogP contribution in [0.3, 0.4) is 0 Å². The molecule has 0 bridgehead atoms. The molecule has 1 N–H and O–H groups in total. The summed E-state index contributed by atoms with van der Waals surface area (Å²) in [5.74, 6) is 0. The van der Waals surface area contributed by atoms with Gasteiger partial charge in [-0.1, -0.05) is 26.8 Å². The van der Waals surface area contributed by atoms with Gasteiger partial charge in [0.2, 0.25) is 0 Å². The maximum absolute atomic E-state index is 9.94. The molecule has 12 heavy (non-hydrogen) atoms. The summed E-state index contributed by atoms with van der Waals surface area (Å²) < 4.78 is 0. The summed E-state index contributed by atoms with van der Waals surface area (Å²) in [7, 11) is 0. The molecule has 2 nitrogen and oxygen atoms in total. The van der Waals surface area contributed by atoms with E-state index in [1.807, 2.05) is 20.8 Å². The summed E-state index contributed by atoms with van der Waals surface area (Å²) in [4.78, 5) is 9.94. The van der Waals surface area contributed by atoms with E-state index in [4.69, 9.17) is 0 Å². The Labute approximate surface area is 74.3 Å². The SMILES string of the molecule is CCC(C)(C)C(O)C/C=C/C=O. The van der Waals surface area contributed by atoms with Gasteiger partial charge in [-0.15, -0.1) is 0 Å². The quantitative estimate of drug-likeness (QED) is 0.505. The molecule has 0 aliphatic rings. The number of aliphatic hydroxyl groups is 1. The van der Waals surface area contributed by atoms with Crippen LogP contribution in [0.5, 0.6) is 0 Å². The summed E-state index contributed by atoms with van der Waals surface area (Å²) in [6.07, 6.45) is 4.98. The molecule has 0 fully saturated rings. The van der Waals surface area contributed by atoms with Crippen LogP contribution in [0.1, 0.15) is 33.6 Å². The second-order valence-electron chi connectivity index (χ2n) is 3.66. The monoisotopic (exact) mass is 170 g/mol. The van der Waals surface area contributed by atoms with Gasteiger partial charge >= 0.3 is 0 Å². The normalized spacial score (nSPS) is 15.0. The van der Waals surface area contributed by atoms with Gasteiger partial charge in [0.15, 0.2) is 0 Å². The number of aliphatic hydroxyl groups excluding tert-OH is 1. The van der Waals surface area contributed by atoms with Crippen LogP contribution in [0.2, 0.25) is 0 Å². The molecular formula is C10H18O2. The third-order valence-corrected chi connectivity index (χ3v) is 2.39. The van der Waals surface area contributed by atoms with E-state index in [0.717, 1.165) is 12.7 Å². The van der Waals surface area contributed by atoms with Crippen LogP contribution in [0.15, 0.2) is 12.2 Å². The van der Waals surface area contributed by atoms with Crippen molar-refractivity contribution in [2.75, 3.05) is 0 Å². The molecule has 0 spiro atoms. The highest BCUT2D eigenvalue weighted by Crippen LogP contribution is 2.26. The Morgan fingerprint density at radius 1 is 1.50 bits per heavy atom. The molecule has 0 amide bonds. The number of carbonyl (C=O) groups excluding carboxylic acids is 1. The van der Waals surface area contributed by atoms with Crippen LogP contribution in [0.4, 0.5) is 0 Å². The van der Waals surface area contributed by atoms with Crippen molar-refractivity contribution in [3.05, 3.63) is 12.2 Å². The molecule has 0 radical (unpaired) electrons. The minimum absolute atomic E-state index is 0.0623. The van der Waals surface area contributed by atoms with Crippen molar-refractivity contribution in [2.45, 2.75) is 39.7 Å². The first-order valence-electron chi connectivity index (χ1n) is 4.33. The first-order valence-corrected chi connectivity index (χ1v) is 4.33. The molecule has 0 aliphatic carbocycles. The van der Waals surface area contributed by atoms with Gasteiger partial charge in [0.25, 0.3) is 0 Å². The Hall–Kier alpha value is -0.630. The lowest BCUT2D eigenvalue weighted by molar-refractivity contribution is -0.104. The zero-order valence-electron chi connectivity index (χ0n) is 8.08. The van der Waals surface area contributed by atoms with Gasteiger partial charge in [0, 0.05) is 0 Å². The van der Waals surface area contributed by atoms with Crippen LogP contribution < -0.4 is 0 Å². The van der Waals surface area contributed by atoms with Crippen molar-refractivity contribution in [3.63, 3.8) is 0 Å². The predicted octanol–water partition coefficient (Wildman–Crippen LogP) is 1.93. The molecule has 1 unspecified atom stereocenters. The average Bonchev–Trinajstić information content (AvgIpc) is 2.05. The molecule has 0 saturated carbocycles. The van der Waals surface area contributed by atoms with Crippen LogP contribution >= 0.6 is 0 Å². The van der Waals surface area contributed by atoms with E-state index in [2.05, 4.69) is 0 Å². The highest BCUT2D eigenvalue weighted by Gasteiger charge is 2.24. The lowest BCUT2D eigenvalue weighted by Gasteiger charge is -2.28. The smallest absolute Gasteiger partial charge is 0.142 e. The molecule has 1 atom stereocenters. The van der Waals surface area contributed by atoms with Crippen molar-refractivity contribution in [2.24, 2.45) is 5.41 Å². The largest absolute Gasteiger partial charge is 0.392 e. The third kappa shape index (κ3) is 3.67. The fourth-order valence-corrected chi connectivity index (χ4v) is 0.818. The number of hydrogen-bond donors (Lipinski definition) is 1. The molecule has 70 valence electrons. The minimum Gasteiger partial charge on any atom is -0.392 e. The number of rotatable bonds is 5. The fraction of sp³-hybridized carbons (Fsp3) is 0.700. The molecule has 0 heterocycles. The second-order valence-corrected chi connectivity index (χ2v) is 3.66. The summed E-state index contributed by atoms with van der Waals surface area (Å²) in [6.45, 7) is 6.09. The number of allylic oxidation sites excluding steroid dienone is 1. The molecule has 0 aromatic carbocycles. The molecule has 0 aliphatic heterocycles. The van der Waals surface area contributed by atoms with Gasteiger partial charge in [0.1, 0.15) is 6.29 Å². The second kappa shape index (κ2) is 5.09. The van der Waals surface area contributed by atoms with Crippen LogP contribution in [0, 0.1) is 5.41 Å². The maximum Gasteiger partial charge on any atom is 0.142 e. The van der Waals surface area contributed by atoms with Gasteiger partial charge in [-0.25, -0.2) is 0 Å². The molecule has 0 aromatic rings. The first-order chi connectivity index (χ1) is 5.54. The van der Waals surface area contributed by atoms with Crippen molar-refractivity contribution in [3.8, 4) is 0 Å². The highest BCUT2D eigenvalue weighted by molar-refractivity contribution is 5.64. The Morgan fingerprint density at radius 2 is 2.08 bits per heavy atom. The van der Waals surface area contributed by atoms with Gasteiger partial charge in [0.05, 0.1) is 6.10 Å². The summed E-state index contributed by atoms with van der Waals surface area (Å²) >= 11 is 0. The number of hydrogen-bond acceptors (Lipinski definition) is 2. The zero-order chi connectivity index (χ0) is 9.61. The summed E-state index contributed by atoms with van der Waals surface area (Å²) in [5.41, 5.74) is -0.0623. The van der Waals surface area contributed by atoms with Crippen LogP contribution in [-0.4, -0.2) is 17.5 Å². The topological polar surface area (TPSA) is 37.3 Å². The number of carbonyl (C=O) groups is 1. The van der Waals surface area contributed by atoms with E-state index in [-0.39, 0.29) is 11.5 Å². The Balaban J connectivity index is 3.94. The standard InChI is InChI=1S/C10H18O2/c1-4-10(2,3)9(12)7-5-6-8-11/h5-6,8-9,12H,4,7H2,1-3H3/b6-5+. The van der Waals surface area contributed by atoms with Crippen molar-refractivity contribution >= 4 is 6.29 Å². The van der Waals surface area contributed by atoms with Crippen molar-refractivity contribution < 1.29 is 9.90 Å². The predicted molar refractivity (Wildman–Crippen MR) is 49.9 cm³/mol. The summed E-state index contributed by atoms with van der Waals surface area (Å²) in [6, 6.07) is 0. The Morgan fingerprint density at radius 3 is 2.50 bits per heavy atom. The first kappa shape index (κ1) is 11.4. The van der Waals surface area contributed by atoms with Crippen molar-refractivity contribution in [1.82, 2.24) is 0 Å². The third-order valence-electron chi connectivity index (χ3n) is 2.39. The summed E-state index contributed by atoms with van der Waals surface area (Å²) in [5, 5.41) is 9.64. The van der Waals surface area contributed by atoms with E-state index in [1.165, 1.54) is 6.08 Å². The zero-order valence-corrected chi connectivity index (χ0v) is 8.08. The minimum atomic E-state index is -0.362. The van der Waals surface area contributed by atoms with E-state index in [1.54, 1.807) is 6.08 Å². The lowest BCUT2D eigenvalue weighted by Crippen LogP contribution is -2.27. The molecule has 0 saturated heterocycles. The van der Waals surface area contributed by atoms with Crippen molar-refractivity contribution in [1.29, 1.82) is 0 Å². The van der Waals surface area contributed by atoms with Crippen LogP contribution in [-0.2, 0) is 4.79 Å². The highest BCUT2D eigenvalue weighted by atomic mass is 16.3. The van der Waals surface area contributed by atoms with E-state index in [9.17, 15) is 9.90 Å². The molecular weight excluding hydrogens is 152 g/mol. The number of aldehydes is 1. The van der Waals surface area contributed by atoms with Gasteiger partial charge < -0.3 is 5.11 Å². The average molecular weight is 170 g/mol. The van der Waals surface area contributed by atoms with Gasteiger partial charge in [-0.3, -0.25) is 4.79 Å².